The molecule has 0 saturated carbocycles. The van der Waals surface area contributed by atoms with E-state index in [-0.39, 0.29) is 12.1 Å². The van der Waals surface area contributed by atoms with Gasteiger partial charge in [0.2, 0.25) is 5.56 Å². The van der Waals surface area contributed by atoms with E-state index in [1.807, 2.05) is 18.2 Å². The van der Waals surface area contributed by atoms with E-state index in [2.05, 4.69) is 0 Å². The molecule has 0 heterocycles. The Morgan fingerprint density at radius 3 is 2.09 bits per heavy atom. The van der Waals surface area contributed by atoms with Gasteiger partial charge in [0.05, 0.1) is 5.56 Å². The summed E-state index contributed by atoms with van der Waals surface area (Å²) in [5, 5.41) is 0. The molecule has 0 amide bonds. The summed E-state index contributed by atoms with van der Waals surface area (Å²) in [6, 6.07) is 15.7. The lowest BCUT2D eigenvalue weighted by molar-refractivity contribution is -0.145. The van der Waals surface area contributed by atoms with Crippen LogP contribution in [0.4, 0.5) is 0 Å². The fourth-order valence-corrected chi connectivity index (χ4v) is 2.27. The average molecular weight is 333 g/mol. The van der Waals surface area contributed by atoms with Gasteiger partial charge in [-0.05, 0) is 24.6 Å². The zero-order chi connectivity index (χ0) is 16.8. The van der Waals surface area contributed by atoms with Crippen LogP contribution in [0.25, 0.3) is 0 Å². The lowest BCUT2D eigenvalue weighted by Gasteiger charge is -2.14. The highest BCUT2D eigenvalue weighted by atomic mass is 35.5. The van der Waals surface area contributed by atoms with Crippen molar-refractivity contribution in [2.24, 2.45) is 0 Å². The van der Waals surface area contributed by atoms with Gasteiger partial charge in [-0.3, -0.25) is 4.79 Å². The molecular weight excluding hydrogens is 316 g/mol. The molecule has 0 radical (unpaired) electrons. The molecule has 0 aromatic heterocycles. The van der Waals surface area contributed by atoms with Gasteiger partial charge in [0.1, 0.15) is 6.10 Å². The van der Waals surface area contributed by atoms with E-state index in [0.29, 0.717) is 11.1 Å². The van der Waals surface area contributed by atoms with Crippen LogP contribution in [0.2, 0.25) is 0 Å². The molecule has 2 unspecified atom stereocenters. The first-order valence-corrected chi connectivity index (χ1v) is 7.58. The first kappa shape index (κ1) is 17.0. The highest BCUT2D eigenvalue weighted by molar-refractivity contribution is 6.20. The van der Waals surface area contributed by atoms with Crippen molar-refractivity contribution in [1.82, 2.24) is 0 Å². The standard InChI is InChI=1S/C18H17ClO4/c1-12(22-13(2)20)14-8-10-16(11-9-14)18(21)23-17(19)15-6-4-3-5-7-15/h3-12,17H,1-2H3. The summed E-state index contributed by atoms with van der Waals surface area (Å²) < 4.78 is 10.3. The SMILES string of the molecule is CC(=O)OC(C)c1ccc(C(=O)OC(Cl)c2ccccc2)cc1. The van der Waals surface area contributed by atoms with E-state index in [4.69, 9.17) is 21.1 Å². The van der Waals surface area contributed by atoms with E-state index >= 15 is 0 Å². The van der Waals surface area contributed by atoms with Gasteiger partial charge in [-0.25, -0.2) is 4.79 Å². The fraction of sp³-hybridized carbons (Fsp3) is 0.222. The molecule has 120 valence electrons. The third kappa shape index (κ3) is 4.83. The van der Waals surface area contributed by atoms with Crippen LogP contribution in [-0.2, 0) is 14.3 Å². The second-order valence-electron chi connectivity index (χ2n) is 5.01. The van der Waals surface area contributed by atoms with Crippen LogP contribution in [0.1, 0.15) is 47.0 Å². The fourth-order valence-electron chi connectivity index (χ4n) is 2.04. The number of alkyl halides is 1. The second kappa shape index (κ2) is 7.79. The van der Waals surface area contributed by atoms with Crippen molar-refractivity contribution in [1.29, 1.82) is 0 Å². The summed E-state index contributed by atoms with van der Waals surface area (Å²) in [5.74, 6) is -0.866. The minimum atomic E-state index is -0.844. The monoisotopic (exact) mass is 332 g/mol. The Hall–Kier alpha value is -2.33. The van der Waals surface area contributed by atoms with Crippen LogP contribution in [0.5, 0.6) is 0 Å². The molecule has 0 saturated heterocycles. The Labute approximate surface area is 140 Å². The zero-order valence-electron chi connectivity index (χ0n) is 12.9. The molecule has 2 aromatic carbocycles. The van der Waals surface area contributed by atoms with E-state index < -0.39 is 11.5 Å². The van der Waals surface area contributed by atoms with Gasteiger partial charge in [-0.1, -0.05) is 54.1 Å². The molecule has 2 rings (SSSR count). The number of carbonyl (C=O) groups excluding carboxylic acids is 2. The topological polar surface area (TPSA) is 52.6 Å². The molecule has 2 atom stereocenters. The van der Waals surface area contributed by atoms with Crippen molar-refractivity contribution < 1.29 is 19.1 Å². The first-order valence-electron chi connectivity index (χ1n) is 7.14. The minimum absolute atomic E-state index is 0.353. The van der Waals surface area contributed by atoms with Crippen LogP contribution in [0, 0.1) is 0 Å². The van der Waals surface area contributed by atoms with Crippen LogP contribution >= 0.6 is 11.6 Å². The molecule has 2 aromatic rings. The maximum Gasteiger partial charge on any atom is 0.339 e. The molecule has 0 bridgehead atoms. The van der Waals surface area contributed by atoms with Crippen LogP contribution in [0.3, 0.4) is 0 Å². The summed E-state index contributed by atoms with van der Waals surface area (Å²) in [6.07, 6.45) is -0.373. The zero-order valence-corrected chi connectivity index (χ0v) is 13.6. The maximum atomic E-state index is 12.1. The Balaban J connectivity index is 2.01. The molecule has 5 heteroatoms. The van der Waals surface area contributed by atoms with Crippen molar-refractivity contribution in [2.45, 2.75) is 25.5 Å². The number of rotatable bonds is 5. The summed E-state index contributed by atoms with van der Waals surface area (Å²) in [6.45, 7) is 3.12. The van der Waals surface area contributed by atoms with Crippen LogP contribution in [0.15, 0.2) is 54.6 Å². The minimum Gasteiger partial charge on any atom is -0.458 e. The molecule has 0 N–H and O–H groups in total. The van der Waals surface area contributed by atoms with Gasteiger partial charge in [0.25, 0.3) is 0 Å². The van der Waals surface area contributed by atoms with Crippen LogP contribution in [-0.4, -0.2) is 11.9 Å². The largest absolute Gasteiger partial charge is 0.458 e. The van der Waals surface area contributed by atoms with Crippen LogP contribution < -0.4 is 0 Å². The number of esters is 2. The summed E-state index contributed by atoms with van der Waals surface area (Å²) in [4.78, 5) is 23.0. The molecule has 0 spiro atoms. The van der Waals surface area contributed by atoms with Gasteiger partial charge in [-0.15, -0.1) is 0 Å². The average Bonchev–Trinajstić information content (AvgIpc) is 2.55. The molecule has 4 nitrogen and oxygen atoms in total. The number of halogens is 1. The van der Waals surface area contributed by atoms with Crippen molar-refractivity contribution in [3.8, 4) is 0 Å². The number of carbonyl (C=O) groups is 2. The van der Waals surface area contributed by atoms with Crippen molar-refractivity contribution >= 4 is 23.5 Å². The predicted octanol–water partition coefficient (Wildman–Crippen LogP) is 4.41. The molecule has 0 aliphatic rings. The number of hydrogen-bond acceptors (Lipinski definition) is 4. The third-order valence-corrected chi connectivity index (χ3v) is 3.57. The Bertz CT molecular complexity index is 667. The molecule has 23 heavy (non-hydrogen) atoms. The highest BCUT2D eigenvalue weighted by Gasteiger charge is 2.16. The van der Waals surface area contributed by atoms with Gasteiger partial charge >= 0.3 is 11.9 Å². The van der Waals surface area contributed by atoms with E-state index in [1.165, 1.54) is 6.92 Å². The molecule has 0 fully saturated rings. The summed E-state index contributed by atoms with van der Waals surface area (Å²) >= 11 is 6.09. The van der Waals surface area contributed by atoms with Gasteiger partial charge in [0, 0.05) is 12.5 Å². The van der Waals surface area contributed by atoms with Crippen molar-refractivity contribution in [2.75, 3.05) is 0 Å². The maximum absolute atomic E-state index is 12.1. The van der Waals surface area contributed by atoms with Crippen molar-refractivity contribution in [3.63, 3.8) is 0 Å². The summed E-state index contributed by atoms with van der Waals surface area (Å²) in [5.41, 5.74) is 1.04. The van der Waals surface area contributed by atoms with Gasteiger partial charge in [-0.2, -0.15) is 0 Å². The highest BCUT2D eigenvalue weighted by Crippen LogP contribution is 2.24. The molecule has 0 aliphatic heterocycles. The van der Waals surface area contributed by atoms with E-state index in [1.54, 1.807) is 43.3 Å². The first-order chi connectivity index (χ1) is 11.0. The Kier molecular flexibility index (Phi) is 5.77. The lowest BCUT2D eigenvalue weighted by atomic mass is 10.1. The quantitative estimate of drug-likeness (QED) is 0.601. The number of hydrogen-bond donors (Lipinski definition) is 0. The lowest BCUT2D eigenvalue weighted by Crippen LogP contribution is -2.09. The van der Waals surface area contributed by atoms with Gasteiger partial charge in [0.15, 0.2) is 0 Å². The predicted molar refractivity (Wildman–Crippen MR) is 87.1 cm³/mol. The Morgan fingerprint density at radius 2 is 1.52 bits per heavy atom. The normalized spacial score (nSPS) is 13.0. The molecular formula is C18H17ClO4. The van der Waals surface area contributed by atoms with Gasteiger partial charge < -0.3 is 9.47 Å². The van der Waals surface area contributed by atoms with E-state index in [0.717, 1.165) is 5.56 Å². The molecule has 0 aliphatic carbocycles. The number of ether oxygens (including phenoxy) is 2. The third-order valence-electron chi connectivity index (χ3n) is 3.23. The van der Waals surface area contributed by atoms with Crippen molar-refractivity contribution in [3.05, 3.63) is 71.3 Å². The smallest absolute Gasteiger partial charge is 0.339 e. The number of benzene rings is 2. The van der Waals surface area contributed by atoms with E-state index in [9.17, 15) is 9.59 Å². The Morgan fingerprint density at radius 1 is 0.913 bits per heavy atom. The second-order valence-corrected chi connectivity index (χ2v) is 5.40. The summed E-state index contributed by atoms with van der Waals surface area (Å²) in [7, 11) is 0.